The van der Waals surface area contributed by atoms with Crippen LogP contribution in [0.15, 0.2) is 36.7 Å². The maximum atomic E-state index is 13.5. The summed E-state index contributed by atoms with van der Waals surface area (Å²) >= 11 is 0. The first-order chi connectivity index (χ1) is 11.5. The second kappa shape index (κ2) is 6.93. The van der Waals surface area contributed by atoms with Gasteiger partial charge in [-0.2, -0.15) is 22.0 Å². The molecule has 3 nitrogen and oxygen atoms in total. The Kier molecular flexibility index (Phi) is 5.29. The number of nitrogens with one attached hydrogen (secondary N) is 1. The van der Waals surface area contributed by atoms with Gasteiger partial charge in [0.2, 0.25) is 0 Å². The van der Waals surface area contributed by atoms with Gasteiger partial charge in [0.1, 0.15) is 5.82 Å². The Labute approximate surface area is 142 Å². The predicted molar refractivity (Wildman–Crippen MR) is 84.5 cm³/mol. The van der Waals surface area contributed by atoms with E-state index >= 15 is 0 Å². The third-order valence-corrected chi connectivity index (χ3v) is 3.73. The van der Waals surface area contributed by atoms with Crippen molar-refractivity contribution in [3.05, 3.63) is 53.5 Å². The van der Waals surface area contributed by atoms with Gasteiger partial charge in [0, 0.05) is 5.56 Å². The van der Waals surface area contributed by atoms with Crippen LogP contribution >= 0.6 is 0 Å². The van der Waals surface area contributed by atoms with Crippen LogP contribution in [0.1, 0.15) is 49.6 Å². The third kappa shape index (κ3) is 4.24. The fourth-order valence-electron chi connectivity index (χ4n) is 2.18. The van der Waals surface area contributed by atoms with Crippen molar-refractivity contribution in [2.24, 2.45) is 0 Å². The van der Waals surface area contributed by atoms with E-state index in [1.54, 1.807) is 13.1 Å². The maximum absolute atomic E-state index is 13.5. The van der Waals surface area contributed by atoms with E-state index in [0.29, 0.717) is 5.82 Å². The molecule has 0 amide bonds. The van der Waals surface area contributed by atoms with E-state index in [1.807, 2.05) is 13.8 Å². The molecule has 1 heterocycles. The lowest BCUT2D eigenvalue weighted by molar-refractivity contribution is -0.289. The summed E-state index contributed by atoms with van der Waals surface area (Å²) in [6.07, 6.45) is -2.55. The van der Waals surface area contributed by atoms with Crippen LogP contribution in [0, 0.1) is 0 Å². The molecule has 0 unspecified atom stereocenters. The zero-order valence-corrected chi connectivity index (χ0v) is 13.9. The van der Waals surface area contributed by atoms with Gasteiger partial charge in [-0.3, -0.25) is 4.98 Å². The number of anilines is 1. The van der Waals surface area contributed by atoms with Gasteiger partial charge in [0.25, 0.3) is 0 Å². The van der Waals surface area contributed by atoms with Crippen LogP contribution in [0.3, 0.4) is 0 Å². The van der Waals surface area contributed by atoms with Crippen LogP contribution in [0.25, 0.3) is 0 Å². The van der Waals surface area contributed by atoms with Crippen molar-refractivity contribution in [2.75, 3.05) is 5.32 Å². The second-order valence-electron chi connectivity index (χ2n) is 6.04. The average Bonchev–Trinajstić information content (AvgIpc) is 2.54. The standard InChI is InChI=1S/C17H18F5N3/c1-10(2)14-8-24-15(9-23-14)25-11(3)12-5-4-6-13(7-12)16(18,19)17(20,21)22/h4-11H,1-3H3,(H,24,25)/t11-/m1/s1. The van der Waals surface area contributed by atoms with Crippen molar-refractivity contribution < 1.29 is 22.0 Å². The van der Waals surface area contributed by atoms with E-state index < -0.39 is 23.7 Å². The number of halogens is 5. The van der Waals surface area contributed by atoms with Crippen LogP contribution < -0.4 is 5.32 Å². The highest BCUT2D eigenvalue weighted by Crippen LogP contribution is 2.44. The third-order valence-electron chi connectivity index (χ3n) is 3.73. The summed E-state index contributed by atoms with van der Waals surface area (Å²) in [6, 6.07) is 3.74. The van der Waals surface area contributed by atoms with Gasteiger partial charge in [-0.05, 0) is 24.5 Å². The highest BCUT2D eigenvalue weighted by Gasteiger charge is 2.58. The van der Waals surface area contributed by atoms with Crippen molar-refractivity contribution >= 4 is 5.82 Å². The molecular formula is C17H18F5N3. The minimum absolute atomic E-state index is 0.209. The molecule has 0 aliphatic heterocycles. The van der Waals surface area contributed by atoms with E-state index in [1.165, 1.54) is 18.3 Å². The molecule has 1 aromatic heterocycles. The zero-order chi connectivity index (χ0) is 18.8. The topological polar surface area (TPSA) is 37.8 Å². The molecule has 0 aliphatic rings. The van der Waals surface area contributed by atoms with Crippen LogP contribution in [-0.2, 0) is 5.92 Å². The second-order valence-corrected chi connectivity index (χ2v) is 6.04. The first kappa shape index (κ1) is 19.1. The van der Waals surface area contributed by atoms with Gasteiger partial charge in [-0.25, -0.2) is 4.98 Å². The van der Waals surface area contributed by atoms with E-state index in [-0.39, 0.29) is 11.5 Å². The van der Waals surface area contributed by atoms with Crippen molar-refractivity contribution in [3.8, 4) is 0 Å². The van der Waals surface area contributed by atoms with Crippen LogP contribution in [0.2, 0.25) is 0 Å². The number of alkyl halides is 5. The number of hydrogen-bond acceptors (Lipinski definition) is 3. The summed E-state index contributed by atoms with van der Waals surface area (Å²) in [6.45, 7) is 5.57. The highest BCUT2D eigenvalue weighted by molar-refractivity contribution is 5.38. The lowest BCUT2D eigenvalue weighted by Gasteiger charge is -2.22. The number of aromatic nitrogens is 2. The molecule has 1 N–H and O–H groups in total. The largest absolute Gasteiger partial charge is 0.458 e. The van der Waals surface area contributed by atoms with Crippen LogP contribution in [0.4, 0.5) is 27.8 Å². The van der Waals surface area contributed by atoms with Gasteiger partial charge >= 0.3 is 12.1 Å². The molecule has 0 spiro atoms. The molecular weight excluding hydrogens is 341 g/mol. The molecule has 1 atom stereocenters. The summed E-state index contributed by atoms with van der Waals surface area (Å²) < 4.78 is 64.5. The minimum Gasteiger partial charge on any atom is -0.362 e. The van der Waals surface area contributed by atoms with E-state index in [0.717, 1.165) is 17.8 Å². The number of rotatable bonds is 5. The lowest BCUT2D eigenvalue weighted by Crippen LogP contribution is -2.33. The summed E-state index contributed by atoms with van der Waals surface area (Å²) in [4.78, 5) is 8.39. The molecule has 8 heteroatoms. The minimum atomic E-state index is -5.64. The van der Waals surface area contributed by atoms with E-state index in [2.05, 4.69) is 15.3 Å². The molecule has 0 saturated heterocycles. The predicted octanol–water partition coefficient (Wildman–Crippen LogP) is 5.43. The first-order valence-corrected chi connectivity index (χ1v) is 7.66. The monoisotopic (exact) mass is 359 g/mol. The maximum Gasteiger partial charge on any atom is 0.458 e. The Bertz CT molecular complexity index is 711. The normalized spacial score (nSPS) is 13.8. The summed E-state index contributed by atoms with van der Waals surface area (Å²) in [7, 11) is 0. The number of benzene rings is 1. The number of nitrogens with zero attached hydrogens (tertiary/aromatic N) is 2. The first-order valence-electron chi connectivity index (χ1n) is 7.66. The van der Waals surface area contributed by atoms with E-state index in [9.17, 15) is 22.0 Å². The SMILES string of the molecule is CC(C)c1cnc(N[C@H](C)c2cccc(C(F)(F)C(F)(F)F)c2)cn1. The molecule has 1 aromatic carbocycles. The molecule has 0 bridgehead atoms. The Morgan fingerprint density at radius 1 is 0.960 bits per heavy atom. The molecule has 0 radical (unpaired) electrons. The summed E-state index contributed by atoms with van der Waals surface area (Å²) in [5, 5.41) is 2.94. The van der Waals surface area contributed by atoms with Crippen molar-refractivity contribution in [3.63, 3.8) is 0 Å². The molecule has 25 heavy (non-hydrogen) atoms. The van der Waals surface area contributed by atoms with Gasteiger partial charge < -0.3 is 5.32 Å². The molecule has 0 saturated carbocycles. The molecule has 0 fully saturated rings. The Hall–Kier alpha value is -2.25. The fraction of sp³-hybridized carbons (Fsp3) is 0.412. The number of hydrogen-bond donors (Lipinski definition) is 1. The average molecular weight is 359 g/mol. The molecule has 2 aromatic rings. The molecule has 136 valence electrons. The van der Waals surface area contributed by atoms with Crippen molar-refractivity contribution in [1.29, 1.82) is 0 Å². The van der Waals surface area contributed by atoms with Crippen LogP contribution in [0.5, 0.6) is 0 Å². The summed E-state index contributed by atoms with van der Waals surface area (Å²) in [5.41, 5.74) is -0.00595. The quantitative estimate of drug-likeness (QED) is 0.724. The van der Waals surface area contributed by atoms with Crippen molar-refractivity contribution in [1.82, 2.24) is 9.97 Å². The van der Waals surface area contributed by atoms with Gasteiger partial charge in [-0.15, -0.1) is 0 Å². The highest BCUT2D eigenvalue weighted by atomic mass is 19.4. The Morgan fingerprint density at radius 2 is 1.64 bits per heavy atom. The Morgan fingerprint density at radius 3 is 2.16 bits per heavy atom. The lowest BCUT2D eigenvalue weighted by atomic mass is 10.0. The zero-order valence-electron chi connectivity index (χ0n) is 13.9. The summed E-state index contributed by atoms with van der Waals surface area (Å²) in [5.74, 6) is -4.29. The van der Waals surface area contributed by atoms with Crippen molar-refractivity contribution in [2.45, 2.75) is 44.8 Å². The van der Waals surface area contributed by atoms with E-state index in [4.69, 9.17) is 0 Å². The fourth-order valence-corrected chi connectivity index (χ4v) is 2.18. The Balaban J connectivity index is 2.20. The van der Waals surface area contributed by atoms with Crippen LogP contribution in [-0.4, -0.2) is 16.1 Å². The molecule has 0 aliphatic carbocycles. The smallest absolute Gasteiger partial charge is 0.362 e. The molecule has 2 rings (SSSR count). The van der Waals surface area contributed by atoms with Gasteiger partial charge in [0.05, 0.1) is 24.1 Å². The van der Waals surface area contributed by atoms with Gasteiger partial charge in [-0.1, -0.05) is 32.0 Å². The van der Waals surface area contributed by atoms with Gasteiger partial charge in [0.15, 0.2) is 0 Å².